The van der Waals surface area contributed by atoms with E-state index in [1.54, 1.807) is 11.8 Å². The number of hydrogen-bond donors (Lipinski definition) is 1. The Bertz CT molecular complexity index is 1620. The maximum absolute atomic E-state index is 12.9. The molecule has 1 aromatic heterocycles. The molecule has 4 aromatic rings. The van der Waals surface area contributed by atoms with Crippen molar-refractivity contribution in [3.63, 3.8) is 0 Å². The predicted molar refractivity (Wildman–Crippen MR) is 167 cm³/mol. The average Bonchev–Trinajstić information content (AvgIpc) is 3.48. The Morgan fingerprint density at radius 1 is 1.11 bits per heavy atom. The Hall–Kier alpha value is -4.32. The molecular formula is C32H33F3N6O2S. The van der Waals surface area contributed by atoms with Crippen molar-refractivity contribution >= 4 is 28.6 Å². The first-order chi connectivity index (χ1) is 21.1. The van der Waals surface area contributed by atoms with Gasteiger partial charge in [-0.2, -0.15) is 4.99 Å². The average molecular weight is 623 g/mol. The Morgan fingerprint density at radius 2 is 1.86 bits per heavy atom. The van der Waals surface area contributed by atoms with Crippen molar-refractivity contribution in [3.8, 4) is 22.8 Å². The molecule has 1 fully saturated rings. The van der Waals surface area contributed by atoms with Crippen LogP contribution in [0.1, 0.15) is 43.4 Å². The Morgan fingerprint density at radius 3 is 2.57 bits per heavy atom. The van der Waals surface area contributed by atoms with Crippen LogP contribution in [0.2, 0.25) is 0 Å². The fourth-order valence-corrected chi connectivity index (χ4v) is 6.12. The van der Waals surface area contributed by atoms with Crippen LogP contribution in [0.5, 0.6) is 5.75 Å². The highest BCUT2D eigenvalue weighted by Gasteiger charge is 2.31. The van der Waals surface area contributed by atoms with Crippen molar-refractivity contribution in [1.29, 1.82) is 0 Å². The lowest BCUT2D eigenvalue weighted by atomic mass is 10.0. The first-order valence-corrected chi connectivity index (χ1v) is 15.3. The summed E-state index contributed by atoms with van der Waals surface area (Å²) in [5, 5.41) is 8.05. The number of thioether (sulfide) groups is 1. The number of anilines is 1. The summed E-state index contributed by atoms with van der Waals surface area (Å²) in [6.45, 7) is 6.72. The van der Waals surface area contributed by atoms with Crippen LogP contribution in [0.15, 0.2) is 78.0 Å². The van der Waals surface area contributed by atoms with Crippen LogP contribution < -0.4 is 15.0 Å². The largest absolute Gasteiger partial charge is 0.573 e. The summed E-state index contributed by atoms with van der Waals surface area (Å²) in [4.78, 5) is 23.9. The van der Waals surface area contributed by atoms with E-state index in [-0.39, 0.29) is 11.8 Å². The molecule has 5 rings (SSSR count). The molecule has 12 heteroatoms. The van der Waals surface area contributed by atoms with Gasteiger partial charge in [-0.25, -0.2) is 14.5 Å². The molecule has 1 atom stereocenters. The first-order valence-electron chi connectivity index (χ1n) is 14.3. The van der Waals surface area contributed by atoms with E-state index in [9.17, 15) is 18.0 Å². The number of amidine groups is 1. The van der Waals surface area contributed by atoms with Crippen molar-refractivity contribution < 1.29 is 22.7 Å². The number of aromatic nitrogens is 3. The Kier molecular flexibility index (Phi) is 9.58. The van der Waals surface area contributed by atoms with Crippen molar-refractivity contribution in [1.82, 2.24) is 20.1 Å². The normalized spacial score (nSPS) is 16.3. The summed E-state index contributed by atoms with van der Waals surface area (Å²) in [5.74, 6) is 1.04. The molecular weight excluding hydrogens is 589 g/mol. The number of alkyl halides is 3. The number of halogens is 3. The van der Waals surface area contributed by atoms with Gasteiger partial charge in [0.15, 0.2) is 11.0 Å². The molecule has 2 amide bonds. The molecule has 1 N–H and O–H groups in total. The highest BCUT2D eigenvalue weighted by Crippen LogP contribution is 2.33. The number of nitrogens with zero attached hydrogens (tertiary/aromatic N) is 5. The maximum Gasteiger partial charge on any atom is 0.573 e. The maximum atomic E-state index is 12.9. The molecule has 3 aromatic carbocycles. The van der Waals surface area contributed by atoms with Gasteiger partial charge in [-0.3, -0.25) is 0 Å². The molecule has 0 bridgehead atoms. The molecule has 0 aliphatic carbocycles. The molecule has 1 aliphatic heterocycles. The van der Waals surface area contributed by atoms with E-state index >= 15 is 0 Å². The highest BCUT2D eigenvalue weighted by molar-refractivity contribution is 8.14. The fourth-order valence-electron chi connectivity index (χ4n) is 4.91. The fraction of sp³-hybridized carbons (Fsp3) is 0.312. The van der Waals surface area contributed by atoms with Crippen LogP contribution in [0.25, 0.3) is 17.1 Å². The van der Waals surface area contributed by atoms with Gasteiger partial charge in [0.2, 0.25) is 0 Å². The van der Waals surface area contributed by atoms with Gasteiger partial charge in [-0.1, -0.05) is 61.5 Å². The molecule has 1 saturated heterocycles. The molecule has 2 heterocycles. The standard InChI is InChI=1S/C32H33F3N6O2S/c1-4-5-24-9-6-21(2)18-28(24)41-22(3)16-17-44-31(41)38-30(42)36-19-23-7-10-25(11-8-23)29-37-20-40(39-29)26-12-14-27(15-13-26)43-32(33,34)35/h6-15,18,20,22H,4-5,16-17,19H2,1-3H3,(H,36,42). The predicted octanol–water partition coefficient (Wildman–Crippen LogP) is 7.69. The van der Waals surface area contributed by atoms with E-state index in [1.165, 1.54) is 46.4 Å². The van der Waals surface area contributed by atoms with E-state index in [2.05, 4.69) is 69.0 Å². The van der Waals surface area contributed by atoms with Gasteiger partial charge in [0.05, 0.1) is 5.69 Å². The number of aryl methyl sites for hydroxylation is 2. The molecule has 1 aliphatic rings. The summed E-state index contributed by atoms with van der Waals surface area (Å²) in [7, 11) is 0. The van der Waals surface area contributed by atoms with E-state index in [4.69, 9.17) is 0 Å². The minimum absolute atomic E-state index is 0.229. The topological polar surface area (TPSA) is 84.6 Å². The van der Waals surface area contributed by atoms with Crippen LogP contribution in [-0.2, 0) is 13.0 Å². The zero-order valence-electron chi connectivity index (χ0n) is 24.6. The number of carbonyl (C=O) groups is 1. The van der Waals surface area contributed by atoms with Gasteiger partial charge in [-0.05, 0) is 73.7 Å². The monoisotopic (exact) mass is 622 g/mol. The molecule has 44 heavy (non-hydrogen) atoms. The summed E-state index contributed by atoms with van der Waals surface area (Å²) < 4.78 is 42.6. The third-order valence-electron chi connectivity index (χ3n) is 7.11. The second-order valence-electron chi connectivity index (χ2n) is 10.5. The van der Waals surface area contributed by atoms with Gasteiger partial charge in [0.25, 0.3) is 0 Å². The van der Waals surface area contributed by atoms with Gasteiger partial charge in [-0.15, -0.1) is 18.3 Å². The quantitative estimate of drug-likeness (QED) is 0.217. The van der Waals surface area contributed by atoms with Crippen LogP contribution >= 0.6 is 11.8 Å². The molecule has 1 unspecified atom stereocenters. The Balaban J connectivity index is 1.23. The number of amides is 2. The first kappa shape index (κ1) is 31.1. The minimum atomic E-state index is -4.75. The SMILES string of the molecule is CCCc1ccc(C)cc1N1C(=NC(=O)NCc2ccc(-c3ncn(-c4ccc(OC(F)(F)F)cc4)n3)cc2)SCCC1C. The van der Waals surface area contributed by atoms with Crippen LogP contribution in [0.3, 0.4) is 0 Å². The number of nitrogens with one attached hydrogen (secondary N) is 1. The van der Waals surface area contributed by atoms with Crippen LogP contribution in [0.4, 0.5) is 23.7 Å². The van der Waals surface area contributed by atoms with E-state index in [0.717, 1.165) is 41.8 Å². The van der Waals surface area contributed by atoms with Crippen molar-refractivity contribution in [2.24, 2.45) is 4.99 Å². The molecule has 8 nitrogen and oxygen atoms in total. The number of rotatable bonds is 8. The van der Waals surface area contributed by atoms with Crippen molar-refractivity contribution in [2.75, 3.05) is 10.7 Å². The van der Waals surface area contributed by atoms with Gasteiger partial charge >= 0.3 is 12.4 Å². The zero-order chi connectivity index (χ0) is 31.3. The van der Waals surface area contributed by atoms with E-state index in [0.29, 0.717) is 23.2 Å². The van der Waals surface area contributed by atoms with E-state index in [1.807, 2.05) is 24.3 Å². The second kappa shape index (κ2) is 13.5. The number of benzene rings is 3. The minimum Gasteiger partial charge on any atom is -0.406 e. The molecule has 230 valence electrons. The summed E-state index contributed by atoms with van der Waals surface area (Å²) in [6, 6.07) is 19.1. The van der Waals surface area contributed by atoms with Gasteiger partial charge in [0.1, 0.15) is 12.1 Å². The lowest BCUT2D eigenvalue weighted by Gasteiger charge is -2.37. The summed E-state index contributed by atoms with van der Waals surface area (Å²) >= 11 is 1.60. The smallest absolute Gasteiger partial charge is 0.406 e. The molecule has 0 spiro atoms. The van der Waals surface area contributed by atoms with Gasteiger partial charge in [0, 0.05) is 29.6 Å². The summed E-state index contributed by atoms with van der Waals surface area (Å²) in [5.41, 5.74) is 5.72. The van der Waals surface area contributed by atoms with Crippen molar-refractivity contribution in [3.05, 3.63) is 89.7 Å². The summed E-state index contributed by atoms with van der Waals surface area (Å²) in [6.07, 6.45) is -0.264. The molecule has 0 saturated carbocycles. The number of ether oxygens (including phenoxy) is 1. The second-order valence-corrected chi connectivity index (χ2v) is 11.6. The number of urea groups is 1. The highest BCUT2D eigenvalue weighted by atomic mass is 32.2. The third-order valence-corrected chi connectivity index (χ3v) is 8.10. The number of hydrogen-bond acceptors (Lipinski definition) is 5. The van der Waals surface area contributed by atoms with E-state index < -0.39 is 12.4 Å². The van der Waals surface area contributed by atoms with Gasteiger partial charge < -0.3 is 15.0 Å². The molecule has 0 radical (unpaired) electrons. The lowest BCUT2D eigenvalue weighted by molar-refractivity contribution is -0.274. The number of aliphatic imine (C=N–C) groups is 1. The third kappa shape index (κ3) is 7.79. The number of carbonyl (C=O) groups excluding carboxylic acids is 1. The Labute approximate surface area is 258 Å². The zero-order valence-corrected chi connectivity index (χ0v) is 25.5. The van der Waals surface area contributed by atoms with Crippen LogP contribution in [0, 0.1) is 6.92 Å². The van der Waals surface area contributed by atoms with Crippen molar-refractivity contribution in [2.45, 2.75) is 59.0 Å². The van der Waals surface area contributed by atoms with Crippen LogP contribution in [-0.4, -0.2) is 44.1 Å². The lowest BCUT2D eigenvalue weighted by Crippen LogP contribution is -2.42.